The van der Waals surface area contributed by atoms with Gasteiger partial charge in [0.15, 0.2) is 10.3 Å². The molecule has 1 aromatic heterocycles. The summed E-state index contributed by atoms with van der Waals surface area (Å²) in [4.78, 5) is 20.4. The van der Waals surface area contributed by atoms with E-state index in [1.165, 1.54) is 6.92 Å². The Kier molecular flexibility index (Phi) is 4.87. The molecule has 0 fully saturated rings. The number of hydrogen-bond acceptors (Lipinski definition) is 6. The number of methoxy groups -OCH3 is 1. The van der Waals surface area contributed by atoms with Crippen molar-refractivity contribution in [2.75, 3.05) is 12.4 Å². The fraction of sp³-hybridized carbons (Fsp3) is 0.105. The van der Waals surface area contributed by atoms with Crippen molar-refractivity contribution < 1.29 is 9.53 Å². The second-order valence-electron chi connectivity index (χ2n) is 5.18. The van der Waals surface area contributed by atoms with Gasteiger partial charge in [0.1, 0.15) is 11.6 Å². The fourth-order valence-electron chi connectivity index (χ4n) is 2.31. The number of carbonyl (C=O) groups excluding carboxylic acids is 1. The van der Waals surface area contributed by atoms with Crippen LogP contribution in [0, 0.1) is 12.3 Å². The molecule has 0 saturated heterocycles. The number of anilines is 2. The lowest BCUT2D eigenvalue weighted by molar-refractivity contribution is -0.109. The van der Waals surface area contributed by atoms with Gasteiger partial charge in [0.25, 0.3) is 0 Å². The summed E-state index contributed by atoms with van der Waals surface area (Å²) in [6.45, 7) is 1.48. The SMILES string of the molecule is C#Cc1cccc(Nc2nc(SC(C)=O)nc3cc(OC)ccc23)c1. The summed E-state index contributed by atoms with van der Waals surface area (Å²) in [5.41, 5.74) is 2.27. The minimum Gasteiger partial charge on any atom is -0.497 e. The molecule has 1 heterocycles. The maximum absolute atomic E-state index is 11.4. The van der Waals surface area contributed by atoms with Gasteiger partial charge < -0.3 is 10.1 Å². The molecule has 0 amide bonds. The van der Waals surface area contributed by atoms with Gasteiger partial charge in [-0.25, -0.2) is 9.97 Å². The summed E-state index contributed by atoms with van der Waals surface area (Å²) in [6, 6.07) is 13.0. The van der Waals surface area contributed by atoms with Crippen molar-refractivity contribution in [3.63, 3.8) is 0 Å². The molecule has 0 saturated carbocycles. The van der Waals surface area contributed by atoms with Gasteiger partial charge in [0, 0.05) is 29.6 Å². The highest BCUT2D eigenvalue weighted by Crippen LogP contribution is 2.29. The predicted molar refractivity (Wildman–Crippen MR) is 100 cm³/mol. The number of fused-ring (bicyclic) bond motifs is 1. The third kappa shape index (κ3) is 3.90. The first-order chi connectivity index (χ1) is 12.1. The number of hydrogen-bond donors (Lipinski definition) is 1. The van der Waals surface area contributed by atoms with Gasteiger partial charge in [0.2, 0.25) is 0 Å². The molecule has 3 aromatic rings. The van der Waals surface area contributed by atoms with Crippen LogP contribution in [-0.2, 0) is 4.79 Å². The van der Waals surface area contributed by atoms with Gasteiger partial charge in [-0.3, -0.25) is 4.79 Å². The van der Waals surface area contributed by atoms with E-state index >= 15 is 0 Å². The number of aromatic nitrogens is 2. The Morgan fingerprint density at radius 1 is 1.24 bits per heavy atom. The van der Waals surface area contributed by atoms with E-state index in [2.05, 4.69) is 21.2 Å². The van der Waals surface area contributed by atoms with Crippen LogP contribution in [0.3, 0.4) is 0 Å². The van der Waals surface area contributed by atoms with E-state index in [1.807, 2.05) is 42.5 Å². The number of nitrogens with zero attached hydrogens (tertiary/aromatic N) is 2. The maximum atomic E-state index is 11.4. The Morgan fingerprint density at radius 3 is 2.80 bits per heavy atom. The van der Waals surface area contributed by atoms with Crippen molar-refractivity contribution in [2.24, 2.45) is 0 Å². The molecule has 0 radical (unpaired) electrons. The van der Waals surface area contributed by atoms with Gasteiger partial charge in [0.05, 0.1) is 12.6 Å². The first-order valence-corrected chi connectivity index (χ1v) is 8.28. The second kappa shape index (κ2) is 7.24. The number of rotatable bonds is 4. The van der Waals surface area contributed by atoms with Crippen molar-refractivity contribution in [1.29, 1.82) is 0 Å². The molecule has 124 valence electrons. The molecule has 5 nitrogen and oxygen atoms in total. The Bertz CT molecular complexity index is 996. The molecule has 0 aliphatic heterocycles. The largest absolute Gasteiger partial charge is 0.497 e. The summed E-state index contributed by atoms with van der Waals surface area (Å²) in [5.74, 6) is 3.89. The predicted octanol–water partition coefficient (Wildman–Crippen LogP) is 4.00. The summed E-state index contributed by atoms with van der Waals surface area (Å²) in [6.07, 6.45) is 5.46. The van der Waals surface area contributed by atoms with E-state index in [1.54, 1.807) is 7.11 Å². The Labute approximate surface area is 149 Å². The van der Waals surface area contributed by atoms with E-state index in [4.69, 9.17) is 11.2 Å². The van der Waals surface area contributed by atoms with Crippen LogP contribution in [-0.4, -0.2) is 22.2 Å². The minimum absolute atomic E-state index is 0.0810. The first kappa shape index (κ1) is 16.8. The van der Waals surface area contributed by atoms with E-state index in [0.717, 1.165) is 28.4 Å². The average Bonchev–Trinajstić information content (AvgIpc) is 2.60. The Balaban J connectivity index is 2.10. The van der Waals surface area contributed by atoms with Crippen LogP contribution in [0.2, 0.25) is 0 Å². The van der Waals surface area contributed by atoms with Crippen LogP contribution in [0.1, 0.15) is 12.5 Å². The topological polar surface area (TPSA) is 64.1 Å². The molecule has 0 spiro atoms. The highest BCUT2D eigenvalue weighted by molar-refractivity contribution is 8.13. The minimum atomic E-state index is -0.0810. The van der Waals surface area contributed by atoms with Gasteiger partial charge in [-0.1, -0.05) is 12.0 Å². The normalized spacial score (nSPS) is 10.3. The number of ether oxygens (including phenoxy) is 1. The van der Waals surface area contributed by atoms with Crippen molar-refractivity contribution >= 4 is 39.3 Å². The summed E-state index contributed by atoms with van der Waals surface area (Å²) in [5, 5.41) is 4.38. The number of benzene rings is 2. The molecular weight excluding hydrogens is 334 g/mol. The van der Waals surface area contributed by atoms with Crippen molar-refractivity contribution in [3.8, 4) is 18.1 Å². The molecule has 0 aliphatic carbocycles. The van der Waals surface area contributed by atoms with Crippen molar-refractivity contribution in [2.45, 2.75) is 12.1 Å². The van der Waals surface area contributed by atoms with Gasteiger partial charge in [-0.2, -0.15) is 0 Å². The molecule has 25 heavy (non-hydrogen) atoms. The Hall–Kier alpha value is -3.04. The van der Waals surface area contributed by atoms with E-state index in [0.29, 0.717) is 22.2 Å². The lowest BCUT2D eigenvalue weighted by atomic mass is 10.2. The molecule has 6 heteroatoms. The zero-order chi connectivity index (χ0) is 17.8. The zero-order valence-electron chi connectivity index (χ0n) is 13.7. The third-order valence-electron chi connectivity index (χ3n) is 3.41. The number of carbonyl (C=O) groups is 1. The van der Waals surface area contributed by atoms with Gasteiger partial charge >= 0.3 is 0 Å². The molecule has 0 atom stereocenters. The smallest absolute Gasteiger partial charge is 0.197 e. The third-order valence-corrected chi connectivity index (χ3v) is 4.06. The quantitative estimate of drug-likeness (QED) is 0.436. The number of terminal acetylenes is 1. The Morgan fingerprint density at radius 2 is 2.08 bits per heavy atom. The van der Waals surface area contributed by atoms with E-state index < -0.39 is 0 Å². The van der Waals surface area contributed by atoms with Crippen molar-refractivity contribution in [3.05, 3.63) is 48.0 Å². The molecule has 0 aliphatic rings. The van der Waals surface area contributed by atoms with Crippen molar-refractivity contribution in [1.82, 2.24) is 9.97 Å². The first-order valence-electron chi connectivity index (χ1n) is 7.47. The summed E-state index contributed by atoms with van der Waals surface area (Å²) in [7, 11) is 1.60. The average molecular weight is 349 g/mol. The second-order valence-corrected chi connectivity index (χ2v) is 6.33. The lowest BCUT2D eigenvalue weighted by Gasteiger charge is -2.11. The van der Waals surface area contributed by atoms with E-state index in [-0.39, 0.29) is 5.12 Å². The molecule has 0 bridgehead atoms. The fourth-order valence-corrected chi connectivity index (χ4v) is 2.85. The summed E-state index contributed by atoms with van der Waals surface area (Å²) >= 11 is 0.985. The maximum Gasteiger partial charge on any atom is 0.197 e. The zero-order valence-corrected chi connectivity index (χ0v) is 14.6. The number of thioether (sulfide) groups is 1. The van der Waals surface area contributed by atoms with Gasteiger partial charge in [-0.05, 0) is 42.1 Å². The number of nitrogens with one attached hydrogen (secondary N) is 1. The highest BCUT2D eigenvalue weighted by atomic mass is 32.2. The van der Waals surface area contributed by atoms with Crippen LogP contribution >= 0.6 is 11.8 Å². The highest BCUT2D eigenvalue weighted by Gasteiger charge is 2.11. The van der Waals surface area contributed by atoms with Crippen LogP contribution in [0.4, 0.5) is 11.5 Å². The van der Waals surface area contributed by atoms with E-state index in [9.17, 15) is 4.79 Å². The lowest BCUT2D eigenvalue weighted by Crippen LogP contribution is -2.00. The summed E-state index contributed by atoms with van der Waals surface area (Å²) < 4.78 is 5.25. The van der Waals surface area contributed by atoms with Crippen LogP contribution in [0.15, 0.2) is 47.6 Å². The molecule has 2 aromatic carbocycles. The molecule has 3 rings (SSSR count). The van der Waals surface area contributed by atoms with Crippen LogP contribution < -0.4 is 10.1 Å². The van der Waals surface area contributed by atoms with Crippen LogP contribution in [0.5, 0.6) is 5.75 Å². The standard InChI is InChI=1S/C19H15N3O2S/c1-4-13-6-5-7-14(10-13)20-18-16-9-8-15(24-3)11-17(16)21-19(22-18)25-12(2)23/h1,5-11H,2-3H3,(H,20,21,22). The molecule has 1 N–H and O–H groups in total. The monoisotopic (exact) mass is 349 g/mol. The van der Waals surface area contributed by atoms with Gasteiger partial charge in [-0.15, -0.1) is 6.42 Å². The van der Waals surface area contributed by atoms with Crippen LogP contribution in [0.25, 0.3) is 10.9 Å². The molecular formula is C19H15N3O2S. The molecule has 0 unspecified atom stereocenters.